The van der Waals surface area contributed by atoms with Crippen LogP contribution in [-0.2, 0) is 16.0 Å². The third kappa shape index (κ3) is 3.12. The summed E-state index contributed by atoms with van der Waals surface area (Å²) in [5, 5.41) is 4.92. The van der Waals surface area contributed by atoms with Crippen molar-refractivity contribution in [3.63, 3.8) is 0 Å². The van der Waals surface area contributed by atoms with Crippen LogP contribution in [0.15, 0.2) is 17.5 Å². The van der Waals surface area contributed by atoms with Gasteiger partial charge in [0.25, 0.3) is 0 Å². The number of nitrogens with zero attached hydrogens (tertiary/aromatic N) is 1. The van der Waals surface area contributed by atoms with Gasteiger partial charge in [0.2, 0.25) is 11.8 Å². The maximum Gasteiger partial charge on any atom is 0.246 e. The van der Waals surface area contributed by atoms with Crippen LogP contribution in [0.2, 0.25) is 0 Å². The first-order valence-corrected chi connectivity index (χ1v) is 8.17. The molecule has 1 N–H and O–H groups in total. The fourth-order valence-electron chi connectivity index (χ4n) is 2.58. The van der Waals surface area contributed by atoms with Gasteiger partial charge in [0.1, 0.15) is 11.6 Å². The molecular weight excluding hydrogens is 284 g/mol. The molecule has 2 heterocycles. The molecule has 5 heteroatoms. The van der Waals surface area contributed by atoms with E-state index in [-0.39, 0.29) is 17.2 Å². The summed E-state index contributed by atoms with van der Waals surface area (Å²) in [4.78, 5) is 28.2. The Kier molecular flexibility index (Phi) is 4.15. The van der Waals surface area contributed by atoms with Gasteiger partial charge >= 0.3 is 0 Å². The lowest BCUT2D eigenvalue weighted by Crippen LogP contribution is -2.71. The van der Waals surface area contributed by atoms with Crippen LogP contribution in [0.5, 0.6) is 0 Å². The second kappa shape index (κ2) is 5.44. The van der Waals surface area contributed by atoms with Gasteiger partial charge in [0.15, 0.2) is 0 Å². The molecule has 1 aliphatic heterocycles. The number of hydrogen-bond acceptors (Lipinski definition) is 3. The topological polar surface area (TPSA) is 49.4 Å². The van der Waals surface area contributed by atoms with Gasteiger partial charge in [-0.2, -0.15) is 0 Å². The van der Waals surface area contributed by atoms with Gasteiger partial charge in [-0.3, -0.25) is 9.59 Å². The lowest BCUT2D eigenvalue weighted by atomic mass is 9.82. The van der Waals surface area contributed by atoms with Crippen LogP contribution in [0.25, 0.3) is 0 Å². The number of carbonyl (C=O) groups is 2. The van der Waals surface area contributed by atoms with Crippen molar-refractivity contribution in [2.75, 3.05) is 6.54 Å². The Hall–Kier alpha value is -1.36. The Morgan fingerprint density at radius 3 is 2.52 bits per heavy atom. The summed E-state index contributed by atoms with van der Waals surface area (Å²) in [7, 11) is 0. The predicted octanol–water partition coefficient (Wildman–Crippen LogP) is 2.44. The number of carbonyl (C=O) groups excluding carboxylic acids is 2. The largest absolute Gasteiger partial charge is 0.342 e. The van der Waals surface area contributed by atoms with Crippen molar-refractivity contribution >= 4 is 23.2 Å². The highest BCUT2D eigenvalue weighted by Crippen LogP contribution is 2.29. The molecule has 116 valence electrons. The molecule has 1 atom stereocenters. The molecule has 21 heavy (non-hydrogen) atoms. The molecule has 0 spiro atoms. The molecule has 0 bridgehead atoms. The van der Waals surface area contributed by atoms with E-state index in [0.717, 1.165) is 6.42 Å². The SMILES string of the molecule is CC(C)(C)C1NC(=O)C(C)(C)N(CCc2cccs2)C1=O. The third-order valence-electron chi connectivity index (χ3n) is 4.05. The van der Waals surface area contributed by atoms with E-state index in [2.05, 4.69) is 11.4 Å². The fourth-order valence-corrected chi connectivity index (χ4v) is 3.28. The molecule has 0 saturated carbocycles. The Balaban J connectivity index is 2.21. The number of rotatable bonds is 3. The molecule has 2 rings (SSSR count). The van der Waals surface area contributed by atoms with Gasteiger partial charge in [0, 0.05) is 11.4 Å². The minimum absolute atomic E-state index is 0.0173. The van der Waals surface area contributed by atoms with Gasteiger partial charge < -0.3 is 10.2 Å². The second-order valence-electron chi connectivity index (χ2n) is 7.15. The van der Waals surface area contributed by atoms with Crippen LogP contribution in [-0.4, -0.2) is 34.8 Å². The summed E-state index contributed by atoms with van der Waals surface area (Å²) in [6, 6.07) is 3.61. The molecule has 1 saturated heterocycles. The molecule has 4 nitrogen and oxygen atoms in total. The molecular formula is C16H24N2O2S. The molecule has 1 fully saturated rings. The van der Waals surface area contributed by atoms with E-state index in [9.17, 15) is 9.59 Å². The third-order valence-corrected chi connectivity index (χ3v) is 4.98. The summed E-state index contributed by atoms with van der Waals surface area (Å²) >= 11 is 1.68. The number of thiophene rings is 1. The zero-order valence-electron chi connectivity index (χ0n) is 13.4. The Labute approximate surface area is 130 Å². The first-order valence-electron chi connectivity index (χ1n) is 7.29. The Morgan fingerprint density at radius 1 is 1.33 bits per heavy atom. The number of nitrogens with one attached hydrogen (secondary N) is 1. The maximum absolute atomic E-state index is 12.8. The maximum atomic E-state index is 12.8. The zero-order chi connectivity index (χ0) is 15.8. The smallest absolute Gasteiger partial charge is 0.246 e. The molecule has 1 aliphatic rings. The Bertz CT molecular complexity index is 529. The molecule has 0 aromatic carbocycles. The average molecular weight is 308 g/mol. The number of piperazine rings is 1. The second-order valence-corrected chi connectivity index (χ2v) is 8.18. The monoisotopic (exact) mass is 308 g/mol. The van der Waals surface area contributed by atoms with Crippen molar-refractivity contribution < 1.29 is 9.59 Å². The predicted molar refractivity (Wildman–Crippen MR) is 85.2 cm³/mol. The van der Waals surface area contributed by atoms with Crippen molar-refractivity contribution in [3.05, 3.63) is 22.4 Å². The first-order chi connectivity index (χ1) is 9.64. The standard InChI is InChI=1S/C16H24N2O2S/c1-15(2,3)12-13(19)18(16(4,5)14(20)17-12)9-8-11-7-6-10-21-11/h6-7,10,12H,8-9H2,1-5H3,(H,17,20). The van der Waals surface area contributed by atoms with E-state index in [1.165, 1.54) is 4.88 Å². The average Bonchev–Trinajstić information content (AvgIpc) is 2.85. The summed E-state index contributed by atoms with van der Waals surface area (Å²) in [5.74, 6) is -0.0585. The van der Waals surface area contributed by atoms with E-state index < -0.39 is 11.6 Å². The summed E-state index contributed by atoms with van der Waals surface area (Å²) in [6.07, 6.45) is 0.789. The van der Waals surface area contributed by atoms with E-state index in [1.807, 2.05) is 46.1 Å². The van der Waals surface area contributed by atoms with E-state index in [0.29, 0.717) is 6.54 Å². The molecule has 2 amide bonds. The van der Waals surface area contributed by atoms with Gasteiger partial charge in [-0.25, -0.2) is 0 Å². The molecule has 1 unspecified atom stereocenters. The minimum atomic E-state index is -0.796. The van der Waals surface area contributed by atoms with Gasteiger partial charge in [-0.05, 0) is 37.1 Å². The lowest BCUT2D eigenvalue weighted by molar-refractivity contribution is -0.158. The van der Waals surface area contributed by atoms with Crippen LogP contribution in [0.3, 0.4) is 0 Å². The van der Waals surface area contributed by atoms with E-state index >= 15 is 0 Å². The molecule has 0 radical (unpaired) electrons. The molecule has 1 aromatic rings. The van der Waals surface area contributed by atoms with Gasteiger partial charge in [-0.1, -0.05) is 26.8 Å². The summed E-state index contributed by atoms with van der Waals surface area (Å²) in [5.41, 5.74) is -1.08. The highest BCUT2D eigenvalue weighted by atomic mass is 32.1. The zero-order valence-corrected chi connectivity index (χ0v) is 14.2. The van der Waals surface area contributed by atoms with E-state index in [4.69, 9.17) is 0 Å². The number of amides is 2. The molecule has 1 aromatic heterocycles. The van der Waals surface area contributed by atoms with Crippen molar-refractivity contribution in [3.8, 4) is 0 Å². The van der Waals surface area contributed by atoms with Crippen LogP contribution < -0.4 is 5.32 Å². The van der Waals surface area contributed by atoms with Gasteiger partial charge in [-0.15, -0.1) is 11.3 Å². The van der Waals surface area contributed by atoms with Crippen LogP contribution >= 0.6 is 11.3 Å². The number of hydrogen-bond donors (Lipinski definition) is 1. The van der Waals surface area contributed by atoms with Crippen molar-refractivity contribution in [2.45, 2.75) is 52.6 Å². The molecule has 0 aliphatic carbocycles. The quantitative estimate of drug-likeness (QED) is 0.932. The van der Waals surface area contributed by atoms with E-state index in [1.54, 1.807) is 16.2 Å². The summed E-state index contributed by atoms with van der Waals surface area (Å²) in [6.45, 7) is 10.1. The van der Waals surface area contributed by atoms with Gasteiger partial charge in [0.05, 0.1) is 0 Å². The van der Waals surface area contributed by atoms with Crippen molar-refractivity contribution in [1.82, 2.24) is 10.2 Å². The minimum Gasteiger partial charge on any atom is -0.342 e. The lowest BCUT2D eigenvalue weighted by Gasteiger charge is -2.47. The Morgan fingerprint density at radius 2 is 2.00 bits per heavy atom. The fraction of sp³-hybridized carbons (Fsp3) is 0.625. The highest BCUT2D eigenvalue weighted by molar-refractivity contribution is 7.09. The van der Waals surface area contributed by atoms with Crippen LogP contribution in [0.1, 0.15) is 39.5 Å². The highest BCUT2D eigenvalue weighted by Gasteiger charge is 2.49. The van der Waals surface area contributed by atoms with Crippen LogP contribution in [0, 0.1) is 5.41 Å². The summed E-state index contributed by atoms with van der Waals surface area (Å²) < 4.78 is 0. The van der Waals surface area contributed by atoms with Crippen LogP contribution in [0.4, 0.5) is 0 Å². The van der Waals surface area contributed by atoms with Crippen molar-refractivity contribution in [2.24, 2.45) is 5.41 Å². The normalized spacial score (nSPS) is 22.3. The van der Waals surface area contributed by atoms with Crippen molar-refractivity contribution in [1.29, 1.82) is 0 Å². The first kappa shape index (κ1) is 16.0.